The molecule has 1 N–H and O–H groups in total. The number of benzene rings is 3. The van der Waals surface area contributed by atoms with Gasteiger partial charge in [0.15, 0.2) is 0 Å². The van der Waals surface area contributed by atoms with Crippen LogP contribution in [0.3, 0.4) is 0 Å². The molecule has 214 valence electrons. The summed E-state index contributed by atoms with van der Waals surface area (Å²) in [6.45, 7) is 5.58. The minimum atomic E-state index is -3.82. The summed E-state index contributed by atoms with van der Waals surface area (Å²) in [6, 6.07) is 24.7. The second-order valence-electron chi connectivity index (χ2n) is 9.74. The van der Waals surface area contributed by atoms with Crippen LogP contribution in [0.5, 0.6) is 11.5 Å². The molecule has 2 amide bonds. The smallest absolute Gasteiger partial charge is 0.244 e. The Balaban J connectivity index is 1.85. The minimum absolute atomic E-state index is 0.0447. The Labute approximate surface area is 238 Å². The van der Waals surface area contributed by atoms with Crippen LogP contribution in [0, 0.1) is 0 Å². The lowest BCUT2D eigenvalue weighted by Gasteiger charge is -2.33. The molecule has 2 atom stereocenters. The molecule has 0 unspecified atom stereocenters. The molecule has 0 heterocycles. The zero-order chi connectivity index (χ0) is 29.1. The SMILES string of the molecule is CC[C@H](C(=O)N[C@@H](C)CC)N(CCc1ccccc1)C(=O)CN(c1ccc(Oc2ccccc2)cc1)S(C)(=O)=O. The first kappa shape index (κ1) is 30.7. The summed E-state index contributed by atoms with van der Waals surface area (Å²) in [7, 11) is -3.82. The van der Waals surface area contributed by atoms with E-state index in [-0.39, 0.29) is 18.5 Å². The first-order valence-electron chi connectivity index (χ1n) is 13.6. The van der Waals surface area contributed by atoms with Crippen molar-refractivity contribution in [2.45, 2.75) is 52.1 Å². The van der Waals surface area contributed by atoms with Crippen LogP contribution in [-0.2, 0) is 26.0 Å². The molecule has 8 nitrogen and oxygen atoms in total. The Morgan fingerprint density at radius 2 is 1.43 bits per heavy atom. The number of amides is 2. The fraction of sp³-hybridized carbons (Fsp3) is 0.355. The maximum absolute atomic E-state index is 13.8. The maximum Gasteiger partial charge on any atom is 0.244 e. The van der Waals surface area contributed by atoms with Crippen LogP contribution in [0.2, 0.25) is 0 Å². The molecule has 9 heteroatoms. The molecule has 3 rings (SSSR count). The predicted octanol–water partition coefficient (Wildman–Crippen LogP) is 5.01. The Morgan fingerprint density at radius 3 is 1.98 bits per heavy atom. The second-order valence-corrected chi connectivity index (χ2v) is 11.7. The molecule has 40 heavy (non-hydrogen) atoms. The van der Waals surface area contributed by atoms with Crippen molar-refractivity contribution in [1.82, 2.24) is 10.2 Å². The van der Waals surface area contributed by atoms with Crippen LogP contribution in [0.15, 0.2) is 84.9 Å². The summed E-state index contributed by atoms with van der Waals surface area (Å²) in [6.07, 6.45) is 2.75. The number of hydrogen-bond donors (Lipinski definition) is 1. The number of anilines is 1. The van der Waals surface area contributed by atoms with Crippen molar-refractivity contribution in [3.8, 4) is 11.5 Å². The van der Waals surface area contributed by atoms with Crippen molar-refractivity contribution in [2.75, 3.05) is 23.7 Å². The van der Waals surface area contributed by atoms with Crippen LogP contribution in [-0.4, -0.2) is 56.6 Å². The van der Waals surface area contributed by atoms with Gasteiger partial charge in [-0.05, 0) is 68.1 Å². The highest BCUT2D eigenvalue weighted by Crippen LogP contribution is 2.26. The molecule has 0 spiro atoms. The van der Waals surface area contributed by atoms with E-state index < -0.39 is 28.5 Å². The van der Waals surface area contributed by atoms with E-state index in [9.17, 15) is 18.0 Å². The van der Waals surface area contributed by atoms with Crippen LogP contribution in [0.4, 0.5) is 5.69 Å². The third-order valence-corrected chi connectivity index (χ3v) is 7.79. The van der Waals surface area contributed by atoms with E-state index in [1.165, 1.54) is 4.90 Å². The molecule has 3 aromatic carbocycles. The summed E-state index contributed by atoms with van der Waals surface area (Å²) in [5.74, 6) is 0.497. The van der Waals surface area contributed by atoms with Gasteiger partial charge in [0.1, 0.15) is 24.1 Å². The third-order valence-electron chi connectivity index (χ3n) is 6.65. The molecule has 0 aromatic heterocycles. The summed E-state index contributed by atoms with van der Waals surface area (Å²) < 4.78 is 32.6. The van der Waals surface area contributed by atoms with Crippen molar-refractivity contribution in [3.63, 3.8) is 0 Å². The van der Waals surface area contributed by atoms with E-state index in [1.807, 2.05) is 81.4 Å². The number of ether oxygens (including phenoxy) is 1. The van der Waals surface area contributed by atoms with E-state index in [2.05, 4.69) is 5.32 Å². The number of nitrogens with zero attached hydrogens (tertiary/aromatic N) is 2. The lowest BCUT2D eigenvalue weighted by atomic mass is 10.1. The zero-order valence-corrected chi connectivity index (χ0v) is 24.4. The van der Waals surface area contributed by atoms with Gasteiger partial charge in [-0.15, -0.1) is 0 Å². The molecule has 0 aliphatic heterocycles. The van der Waals surface area contributed by atoms with Crippen molar-refractivity contribution >= 4 is 27.5 Å². The molecule has 3 aromatic rings. The van der Waals surface area contributed by atoms with Crippen LogP contribution >= 0.6 is 0 Å². The summed E-state index contributed by atoms with van der Waals surface area (Å²) in [5, 5.41) is 2.98. The molecule has 0 radical (unpaired) electrons. The molecular weight excluding hydrogens is 526 g/mol. The Kier molecular flexibility index (Phi) is 11.1. The molecular formula is C31H39N3O5S. The Hall–Kier alpha value is -3.85. The summed E-state index contributed by atoms with van der Waals surface area (Å²) in [5.41, 5.74) is 1.35. The lowest BCUT2D eigenvalue weighted by Crippen LogP contribution is -2.54. The second kappa shape index (κ2) is 14.5. The Bertz CT molecular complexity index is 1330. The largest absolute Gasteiger partial charge is 0.457 e. The molecule has 0 aliphatic rings. The number of carbonyl (C=O) groups is 2. The minimum Gasteiger partial charge on any atom is -0.457 e. The normalized spacial score (nSPS) is 12.7. The Morgan fingerprint density at radius 1 is 0.850 bits per heavy atom. The highest BCUT2D eigenvalue weighted by atomic mass is 32.2. The van der Waals surface area contributed by atoms with Gasteiger partial charge < -0.3 is 15.0 Å². The van der Waals surface area contributed by atoms with Gasteiger partial charge in [0.05, 0.1) is 11.9 Å². The van der Waals surface area contributed by atoms with Crippen molar-refractivity contribution < 1.29 is 22.7 Å². The van der Waals surface area contributed by atoms with Crippen molar-refractivity contribution in [1.29, 1.82) is 0 Å². The van der Waals surface area contributed by atoms with Crippen LogP contribution in [0.25, 0.3) is 0 Å². The first-order valence-corrected chi connectivity index (χ1v) is 15.4. The van der Waals surface area contributed by atoms with E-state index in [0.717, 1.165) is 22.5 Å². The molecule has 0 saturated heterocycles. The van der Waals surface area contributed by atoms with E-state index >= 15 is 0 Å². The average molecular weight is 566 g/mol. The van der Waals surface area contributed by atoms with Gasteiger partial charge in [-0.25, -0.2) is 8.42 Å². The first-order chi connectivity index (χ1) is 19.1. The van der Waals surface area contributed by atoms with Gasteiger partial charge >= 0.3 is 0 Å². The number of nitrogens with one attached hydrogen (secondary N) is 1. The molecule has 0 aliphatic carbocycles. The number of para-hydroxylation sites is 1. The topological polar surface area (TPSA) is 96.0 Å². The monoisotopic (exact) mass is 565 g/mol. The highest BCUT2D eigenvalue weighted by Gasteiger charge is 2.31. The van der Waals surface area contributed by atoms with Crippen molar-refractivity contribution in [2.24, 2.45) is 0 Å². The fourth-order valence-corrected chi connectivity index (χ4v) is 5.11. The molecule has 0 bridgehead atoms. The summed E-state index contributed by atoms with van der Waals surface area (Å²) >= 11 is 0. The molecule has 0 fully saturated rings. The van der Waals surface area contributed by atoms with E-state index in [1.54, 1.807) is 24.3 Å². The van der Waals surface area contributed by atoms with Crippen LogP contribution < -0.4 is 14.4 Å². The zero-order valence-electron chi connectivity index (χ0n) is 23.6. The summed E-state index contributed by atoms with van der Waals surface area (Å²) in [4.78, 5) is 28.5. The van der Waals surface area contributed by atoms with Gasteiger partial charge in [0.25, 0.3) is 0 Å². The molecule has 0 saturated carbocycles. The van der Waals surface area contributed by atoms with Crippen molar-refractivity contribution in [3.05, 3.63) is 90.5 Å². The predicted molar refractivity (Wildman–Crippen MR) is 159 cm³/mol. The lowest BCUT2D eigenvalue weighted by molar-refractivity contribution is -0.139. The number of hydrogen-bond acceptors (Lipinski definition) is 5. The van der Waals surface area contributed by atoms with Gasteiger partial charge in [-0.3, -0.25) is 13.9 Å². The maximum atomic E-state index is 13.8. The third kappa shape index (κ3) is 8.84. The highest BCUT2D eigenvalue weighted by molar-refractivity contribution is 7.92. The van der Waals surface area contributed by atoms with Gasteiger partial charge in [-0.2, -0.15) is 0 Å². The van der Waals surface area contributed by atoms with E-state index in [0.29, 0.717) is 30.0 Å². The standard InChI is InChI=1S/C31H39N3O5S/c1-5-24(3)32-31(36)29(6-2)33(22-21-25-13-9-7-10-14-25)30(35)23-34(40(4,37)38)26-17-19-28(20-18-26)39-27-15-11-8-12-16-27/h7-20,24,29H,5-6,21-23H2,1-4H3,(H,32,36)/t24-,29+/m0/s1. The average Bonchev–Trinajstić information content (AvgIpc) is 2.94. The van der Waals surface area contributed by atoms with E-state index in [4.69, 9.17) is 4.74 Å². The number of sulfonamides is 1. The van der Waals surface area contributed by atoms with Gasteiger partial charge in [0.2, 0.25) is 21.8 Å². The van der Waals surface area contributed by atoms with Gasteiger partial charge in [-0.1, -0.05) is 62.4 Å². The number of rotatable bonds is 14. The fourth-order valence-electron chi connectivity index (χ4n) is 4.26. The van der Waals surface area contributed by atoms with Gasteiger partial charge in [0, 0.05) is 12.6 Å². The number of carbonyl (C=O) groups excluding carboxylic acids is 2. The van der Waals surface area contributed by atoms with Crippen LogP contribution in [0.1, 0.15) is 39.2 Å². The quantitative estimate of drug-likeness (QED) is 0.297.